The van der Waals surface area contributed by atoms with Crippen LogP contribution in [0, 0.1) is 0 Å². The van der Waals surface area contributed by atoms with Crippen LogP contribution in [0.25, 0.3) is 0 Å². The van der Waals surface area contributed by atoms with Crippen LogP contribution in [0.2, 0.25) is 0 Å². The topological polar surface area (TPSA) is 41.6 Å². The average Bonchev–Trinajstić information content (AvgIpc) is 2.48. The highest BCUT2D eigenvalue weighted by atomic mass is 79.9. The highest BCUT2D eigenvalue weighted by Gasteiger charge is 2.15. The summed E-state index contributed by atoms with van der Waals surface area (Å²) in [5, 5.41) is 3.21. The molecule has 1 aromatic rings. The molecule has 0 unspecified atom stereocenters. The third-order valence-corrected chi connectivity index (χ3v) is 4.04. The number of ether oxygens (including phenoxy) is 1. The molecule has 1 heterocycles. The third kappa shape index (κ3) is 4.21. The van der Waals surface area contributed by atoms with Crippen LogP contribution in [0.15, 0.2) is 22.7 Å². The van der Waals surface area contributed by atoms with E-state index in [1.165, 1.54) is 6.42 Å². The van der Waals surface area contributed by atoms with Crippen molar-refractivity contribution < 1.29 is 9.53 Å². The number of halogens is 1. The molecule has 0 atom stereocenters. The van der Waals surface area contributed by atoms with E-state index in [1.54, 1.807) is 7.11 Å². The second-order valence-corrected chi connectivity index (χ2v) is 5.92. The lowest BCUT2D eigenvalue weighted by Crippen LogP contribution is -2.40. The molecule has 0 aliphatic carbocycles. The number of nitrogens with zero attached hydrogens (tertiary/aromatic N) is 1. The third-order valence-electron chi connectivity index (χ3n) is 3.54. The summed E-state index contributed by atoms with van der Waals surface area (Å²) in [5.74, 6) is 1.03. The molecule has 4 nitrogen and oxygen atoms in total. The number of carbonyl (C=O) groups excluding carboxylic acids is 1. The van der Waals surface area contributed by atoms with Crippen molar-refractivity contribution in [2.75, 3.05) is 26.7 Å². The lowest BCUT2D eigenvalue weighted by atomic mass is 10.1. The van der Waals surface area contributed by atoms with Gasteiger partial charge in [0.05, 0.1) is 13.7 Å². The average molecular weight is 341 g/mol. The van der Waals surface area contributed by atoms with E-state index in [9.17, 15) is 4.79 Å². The molecular formula is C15H21BrN2O2. The van der Waals surface area contributed by atoms with Gasteiger partial charge in [-0.15, -0.1) is 0 Å². The zero-order valence-corrected chi connectivity index (χ0v) is 13.4. The summed E-state index contributed by atoms with van der Waals surface area (Å²) in [6.07, 6.45) is 3.50. The Morgan fingerprint density at radius 1 is 1.35 bits per heavy atom. The first-order chi connectivity index (χ1) is 9.70. The van der Waals surface area contributed by atoms with E-state index in [0.29, 0.717) is 13.1 Å². The van der Waals surface area contributed by atoms with E-state index in [0.717, 1.165) is 41.7 Å². The summed E-state index contributed by atoms with van der Waals surface area (Å²) in [4.78, 5) is 14.0. The predicted octanol–water partition coefficient (Wildman–Crippen LogP) is 2.56. The van der Waals surface area contributed by atoms with Crippen molar-refractivity contribution in [3.63, 3.8) is 0 Å². The number of nitrogens with one attached hydrogen (secondary N) is 1. The minimum atomic E-state index is 0.193. The van der Waals surface area contributed by atoms with E-state index in [1.807, 2.05) is 23.1 Å². The molecule has 110 valence electrons. The molecule has 1 N–H and O–H groups in total. The van der Waals surface area contributed by atoms with Crippen LogP contribution in [0.4, 0.5) is 0 Å². The first kappa shape index (κ1) is 15.3. The number of amides is 1. The highest BCUT2D eigenvalue weighted by Crippen LogP contribution is 2.22. The minimum absolute atomic E-state index is 0.193. The zero-order valence-electron chi connectivity index (χ0n) is 11.8. The first-order valence-electron chi connectivity index (χ1n) is 7.01. The molecule has 0 aromatic heterocycles. The molecule has 1 amide bonds. The van der Waals surface area contributed by atoms with Crippen LogP contribution in [0.1, 0.15) is 24.8 Å². The Morgan fingerprint density at radius 3 is 2.80 bits per heavy atom. The molecule has 0 spiro atoms. The van der Waals surface area contributed by atoms with Gasteiger partial charge in [-0.1, -0.05) is 15.9 Å². The molecule has 2 rings (SSSR count). The Labute approximate surface area is 128 Å². The highest BCUT2D eigenvalue weighted by molar-refractivity contribution is 9.10. The van der Waals surface area contributed by atoms with Gasteiger partial charge in [-0.3, -0.25) is 4.79 Å². The van der Waals surface area contributed by atoms with Crippen LogP contribution < -0.4 is 10.1 Å². The fourth-order valence-electron chi connectivity index (χ4n) is 2.44. The van der Waals surface area contributed by atoms with Gasteiger partial charge in [0.2, 0.25) is 5.91 Å². The quantitative estimate of drug-likeness (QED) is 0.895. The molecule has 1 aromatic carbocycles. The summed E-state index contributed by atoms with van der Waals surface area (Å²) < 4.78 is 6.33. The van der Waals surface area contributed by atoms with Gasteiger partial charge >= 0.3 is 0 Å². The summed E-state index contributed by atoms with van der Waals surface area (Å²) in [5.41, 5.74) is 1.05. The van der Waals surface area contributed by atoms with Crippen LogP contribution in [-0.2, 0) is 11.3 Å². The second-order valence-electron chi connectivity index (χ2n) is 5.00. The minimum Gasteiger partial charge on any atom is -0.496 e. The molecular weight excluding hydrogens is 320 g/mol. The maximum Gasteiger partial charge on any atom is 0.236 e. The van der Waals surface area contributed by atoms with E-state index >= 15 is 0 Å². The van der Waals surface area contributed by atoms with Crippen LogP contribution >= 0.6 is 15.9 Å². The molecule has 1 saturated heterocycles. The molecule has 1 fully saturated rings. The Balaban J connectivity index is 1.83. The number of carbonyl (C=O) groups is 1. The fraction of sp³-hybridized carbons (Fsp3) is 0.533. The molecule has 0 radical (unpaired) electrons. The van der Waals surface area contributed by atoms with Crippen LogP contribution in [-0.4, -0.2) is 37.6 Å². The number of rotatable bonds is 5. The summed E-state index contributed by atoms with van der Waals surface area (Å²) in [6.45, 7) is 2.82. The summed E-state index contributed by atoms with van der Waals surface area (Å²) in [7, 11) is 1.66. The summed E-state index contributed by atoms with van der Waals surface area (Å²) in [6, 6.07) is 5.88. The van der Waals surface area contributed by atoms with Gasteiger partial charge in [-0.05, 0) is 37.5 Å². The van der Waals surface area contributed by atoms with Crippen molar-refractivity contribution in [3.05, 3.63) is 28.2 Å². The van der Waals surface area contributed by atoms with Crippen molar-refractivity contribution in [2.45, 2.75) is 25.8 Å². The van der Waals surface area contributed by atoms with Gasteiger partial charge in [-0.2, -0.15) is 0 Å². The largest absolute Gasteiger partial charge is 0.496 e. The molecule has 0 bridgehead atoms. The van der Waals surface area contributed by atoms with Gasteiger partial charge in [0.25, 0.3) is 0 Å². The maximum absolute atomic E-state index is 12.0. The normalized spacial score (nSPS) is 15.2. The summed E-state index contributed by atoms with van der Waals surface area (Å²) >= 11 is 3.45. The van der Waals surface area contributed by atoms with E-state index < -0.39 is 0 Å². The predicted molar refractivity (Wildman–Crippen MR) is 82.8 cm³/mol. The maximum atomic E-state index is 12.0. The number of likely N-dealkylation sites (tertiary alicyclic amines) is 1. The van der Waals surface area contributed by atoms with Crippen molar-refractivity contribution >= 4 is 21.8 Å². The van der Waals surface area contributed by atoms with Crippen molar-refractivity contribution in [2.24, 2.45) is 0 Å². The van der Waals surface area contributed by atoms with E-state index in [-0.39, 0.29) is 5.91 Å². The number of hydrogen-bond donors (Lipinski definition) is 1. The van der Waals surface area contributed by atoms with Crippen molar-refractivity contribution in [1.82, 2.24) is 10.2 Å². The van der Waals surface area contributed by atoms with Gasteiger partial charge in [-0.25, -0.2) is 0 Å². The molecule has 1 aliphatic heterocycles. The standard InChI is InChI=1S/C15H21BrN2O2/c1-20-14-6-5-13(16)9-12(14)10-17-11-15(19)18-7-3-2-4-8-18/h5-6,9,17H,2-4,7-8,10-11H2,1H3. The van der Waals surface area contributed by atoms with E-state index in [4.69, 9.17) is 4.74 Å². The first-order valence-corrected chi connectivity index (χ1v) is 7.81. The smallest absolute Gasteiger partial charge is 0.236 e. The van der Waals surface area contributed by atoms with Crippen molar-refractivity contribution in [1.29, 1.82) is 0 Å². The van der Waals surface area contributed by atoms with Crippen LogP contribution in [0.3, 0.4) is 0 Å². The van der Waals surface area contributed by atoms with Gasteiger partial charge in [0.1, 0.15) is 5.75 Å². The number of benzene rings is 1. The van der Waals surface area contributed by atoms with Gasteiger partial charge < -0.3 is 15.0 Å². The Morgan fingerprint density at radius 2 is 2.10 bits per heavy atom. The molecule has 5 heteroatoms. The monoisotopic (exact) mass is 340 g/mol. The molecule has 1 aliphatic rings. The Hall–Kier alpha value is -1.07. The number of piperidine rings is 1. The number of hydrogen-bond acceptors (Lipinski definition) is 3. The molecule has 0 saturated carbocycles. The van der Waals surface area contributed by atoms with Crippen LogP contribution in [0.5, 0.6) is 5.75 Å². The lowest BCUT2D eigenvalue weighted by Gasteiger charge is -2.26. The lowest BCUT2D eigenvalue weighted by molar-refractivity contribution is -0.131. The SMILES string of the molecule is COc1ccc(Br)cc1CNCC(=O)N1CCCCC1. The Bertz CT molecular complexity index is 459. The van der Waals surface area contributed by atoms with Gasteiger partial charge in [0.15, 0.2) is 0 Å². The second kappa shape index (κ2) is 7.64. The zero-order chi connectivity index (χ0) is 14.4. The van der Waals surface area contributed by atoms with Crippen molar-refractivity contribution in [3.8, 4) is 5.75 Å². The fourth-order valence-corrected chi connectivity index (χ4v) is 2.85. The number of methoxy groups -OCH3 is 1. The van der Waals surface area contributed by atoms with E-state index in [2.05, 4.69) is 21.2 Å². The molecule has 20 heavy (non-hydrogen) atoms. The van der Waals surface area contributed by atoms with Gasteiger partial charge in [0, 0.05) is 29.7 Å². The Kier molecular flexibility index (Phi) is 5.86.